The number of aromatic nitrogens is 5. The van der Waals surface area contributed by atoms with Gasteiger partial charge < -0.3 is 14.8 Å². The van der Waals surface area contributed by atoms with Gasteiger partial charge in [-0.3, -0.25) is 4.79 Å². The van der Waals surface area contributed by atoms with Crippen molar-refractivity contribution in [2.24, 2.45) is 0 Å². The van der Waals surface area contributed by atoms with Crippen molar-refractivity contribution in [2.45, 2.75) is 25.4 Å². The van der Waals surface area contributed by atoms with Crippen molar-refractivity contribution in [1.29, 1.82) is 0 Å². The number of pyridine rings is 1. The van der Waals surface area contributed by atoms with E-state index in [0.717, 1.165) is 17.0 Å². The Labute approximate surface area is 166 Å². The van der Waals surface area contributed by atoms with Crippen molar-refractivity contribution >= 4 is 29.1 Å². The summed E-state index contributed by atoms with van der Waals surface area (Å²) in [6.07, 6.45) is 3.67. The maximum atomic E-state index is 12.7. The number of amides is 1. The third kappa shape index (κ3) is 4.39. The molecule has 0 saturated carbocycles. The lowest BCUT2D eigenvalue weighted by molar-refractivity contribution is -0.115. The fourth-order valence-electron chi connectivity index (χ4n) is 2.71. The monoisotopic (exact) mass is 402 g/mol. The van der Waals surface area contributed by atoms with Crippen LogP contribution in [0.5, 0.6) is 5.88 Å². The molecule has 0 saturated heterocycles. The first-order chi connectivity index (χ1) is 13.5. The lowest BCUT2D eigenvalue weighted by atomic mass is 10.1. The molecule has 0 bridgehead atoms. The number of hydrogen-bond donors (Lipinski definition) is 1. The molecule has 0 aromatic carbocycles. The molecule has 0 atom stereocenters. The lowest BCUT2D eigenvalue weighted by Gasteiger charge is -2.13. The quantitative estimate of drug-likeness (QED) is 0.451. The second-order valence-corrected chi connectivity index (χ2v) is 6.77. The molecule has 3 heterocycles. The summed E-state index contributed by atoms with van der Waals surface area (Å²) in [6.45, 7) is 4.56. The third-order valence-corrected chi connectivity index (χ3v) is 4.66. The number of aryl methyl sites for hydroxylation is 2. The Morgan fingerprint density at radius 3 is 2.86 bits per heavy atom. The SMILES string of the molecule is COCCOc1ncccc1NC(=O)Cc1c(C)nc2nc(SC)nn2c1C. The number of nitrogens with one attached hydrogen (secondary N) is 1. The minimum absolute atomic E-state index is 0.154. The normalized spacial score (nSPS) is 11.0. The average molecular weight is 402 g/mol. The van der Waals surface area contributed by atoms with Crippen LogP contribution in [0.4, 0.5) is 5.69 Å². The fourth-order valence-corrected chi connectivity index (χ4v) is 3.05. The first-order valence-corrected chi connectivity index (χ1v) is 9.89. The predicted molar refractivity (Wildman–Crippen MR) is 106 cm³/mol. The molecule has 0 unspecified atom stereocenters. The molecule has 0 fully saturated rings. The maximum absolute atomic E-state index is 12.7. The molecule has 0 aliphatic heterocycles. The van der Waals surface area contributed by atoms with E-state index in [1.807, 2.05) is 20.1 Å². The molecule has 9 nitrogen and oxygen atoms in total. The van der Waals surface area contributed by atoms with E-state index in [0.29, 0.717) is 35.7 Å². The van der Waals surface area contributed by atoms with Crippen molar-refractivity contribution in [2.75, 3.05) is 31.9 Å². The van der Waals surface area contributed by atoms with Crippen LogP contribution in [-0.4, -0.2) is 57.1 Å². The molecule has 0 aliphatic carbocycles. The highest BCUT2D eigenvalue weighted by Crippen LogP contribution is 2.22. The van der Waals surface area contributed by atoms with Gasteiger partial charge in [0.1, 0.15) is 12.3 Å². The highest BCUT2D eigenvalue weighted by Gasteiger charge is 2.17. The zero-order chi connectivity index (χ0) is 20.1. The van der Waals surface area contributed by atoms with Gasteiger partial charge in [0.05, 0.1) is 13.0 Å². The number of methoxy groups -OCH3 is 1. The number of carbonyl (C=O) groups is 1. The minimum atomic E-state index is -0.192. The van der Waals surface area contributed by atoms with E-state index in [4.69, 9.17) is 9.47 Å². The second-order valence-electron chi connectivity index (χ2n) is 5.99. The van der Waals surface area contributed by atoms with Gasteiger partial charge >= 0.3 is 0 Å². The Hall–Kier alpha value is -2.72. The van der Waals surface area contributed by atoms with Crippen molar-refractivity contribution in [3.63, 3.8) is 0 Å². The van der Waals surface area contributed by atoms with Gasteiger partial charge in [-0.1, -0.05) is 11.8 Å². The molecule has 148 valence electrons. The topological polar surface area (TPSA) is 104 Å². The summed E-state index contributed by atoms with van der Waals surface area (Å²) in [5, 5.41) is 7.92. The average Bonchev–Trinajstić information content (AvgIpc) is 3.10. The summed E-state index contributed by atoms with van der Waals surface area (Å²) in [4.78, 5) is 25.7. The molecular weight excluding hydrogens is 380 g/mol. The number of fused-ring (bicyclic) bond motifs is 1. The van der Waals surface area contributed by atoms with Gasteiger partial charge in [-0.2, -0.15) is 4.98 Å². The van der Waals surface area contributed by atoms with E-state index in [1.54, 1.807) is 30.0 Å². The number of ether oxygens (including phenoxy) is 2. The standard InChI is InChI=1S/C18H22N6O3S/c1-11-13(12(2)24-17(20-11)22-18(23-24)28-4)10-15(25)21-14-6-5-7-19-16(14)27-9-8-26-3/h5-7H,8-10H2,1-4H3,(H,21,25). The molecule has 0 spiro atoms. The van der Waals surface area contributed by atoms with Gasteiger partial charge in [0.2, 0.25) is 16.9 Å². The van der Waals surface area contributed by atoms with Crippen molar-refractivity contribution < 1.29 is 14.3 Å². The maximum Gasteiger partial charge on any atom is 0.253 e. The Bertz CT molecular complexity index is 991. The largest absolute Gasteiger partial charge is 0.474 e. The number of hydrogen-bond acceptors (Lipinski definition) is 8. The molecule has 3 aromatic heterocycles. The van der Waals surface area contributed by atoms with Crippen LogP contribution in [-0.2, 0) is 16.0 Å². The van der Waals surface area contributed by atoms with Crippen LogP contribution in [0.3, 0.4) is 0 Å². The molecule has 28 heavy (non-hydrogen) atoms. The molecule has 3 rings (SSSR count). The molecular formula is C18H22N6O3S. The van der Waals surface area contributed by atoms with Crippen LogP contribution in [0.1, 0.15) is 17.0 Å². The van der Waals surface area contributed by atoms with Gasteiger partial charge in [-0.15, -0.1) is 5.10 Å². The van der Waals surface area contributed by atoms with Gasteiger partial charge in [-0.25, -0.2) is 14.5 Å². The summed E-state index contributed by atoms with van der Waals surface area (Å²) in [6, 6.07) is 3.48. The molecule has 1 N–H and O–H groups in total. The Kier molecular flexibility index (Phi) is 6.42. The predicted octanol–water partition coefficient (Wildman–Crippen LogP) is 2.06. The fraction of sp³-hybridized carbons (Fsp3) is 0.389. The number of anilines is 1. The Morgan fingerprint density at radius 2 is 2.11 bits per heavy atom. The van der Waals surface area contributed by atoms with E-state index in [9.17, 15) is 4.79 Å². The molecule has 3 aromatic rings. The van der Waals surface area contributed by atoms with Crippen molar-refractivity contribution in [3.8, 4) is 5.88 Å². The second kappa shape index (κ2) is 8.98. The van der Waals surface area contributed by atoms with Crippen LogP contribution < -0.4 is 10.1 Å². The summed E-state index contributed by atoms with van der Waals surface area (Å²) in [5.41, 5.74) is 2.92. The van der Waals surface area contributed by atoms with Crippen LogP contribution in [0, 0.1) is 13.8 Å². The van der Waals surface area contributed by atoms with Crippen LogP contribution >= 0.6 is 11.8 Å². The van der Waals surface area contributed by atoms with E-state index < -0.39 is 0 Å². The molecule has 0 radical (unpaired) electrons. The third-order valence-electron chi connectivity index (χ3n) is 4.12. The van der Waals surface area contributed by atoms with Crippen LogP contribution in [0.2, 0.25) is 0 Å². The summed E-state index contributed by atoms with van der Waals surface area (Å²) in [7, 11) is 1.59. The smallest absolute Gasteiger partial charge is 0.253 e. The van der Waals surface area contributed by atoms with E-state index in [2.05, 4.69) is 25.4 Å². The number of carbonyl (C=O) groups excluding carboxylic acids is 1. The van der Waals surface area contributed by atoms with Crippen LogP contribution in [0.15, 0.2) is 23.5 Å². The van der Waals surface area contributed by atoms with Gasteiger partial charge in [0.15, 0.2) is 0 Å². The van der Waals surface area contributed by atoms with Gasteiger partial charge in [-0.05, 0) is 32.2 Å². The number of nitrogens with zero attached hydrogens (tertiary/aromatic N) is 5. The van der Waals surface area contributed by atoms with E-state index >= 15 is 0 Å². The van der Waals surface area contributed by atoms with Crippen molar-refractivity contribution in [1.82, 2.24) is 24.6 Å². The zero-order valence-electron chi connectivity index (χ0n) is 16.2. The van der Waals surface area contributed by atoms with E-state index in [-0.39, 0.29) is 12.3 Å². The summed E-state index contributed by atoms with van der Waals surface area (Å²) < 4.78 is 12.2. The highest BCUT2D eigenvalue weighted by molar-refractivity contribution is 7.98. The number of thioether (sulfide) groups is 1. The van der Waals surface area contributed by atoms with E-state index in [1.165, 1.54) is 11.8 Å². The Balaban J connectivity index is 1.79. The summed E-state index contributed by atoms with van der Waals surface area (Å²) in [5.74, 6) is 0.697. The van der Waals surface area contributed by atoms with Gasteiger partial charge in [0, 0.05) is 30.3 Å². The highest BCUT2D eigenvalue weighted by atomic mass is 32.2. The molecule has 0 aliphatic rings. The number of rotatable bonds is 8. The first-order valence-electron chi connectivity index (χ1n) is 8.67. The van der Waals surface area contributed by atoms with Gasteiger partial charge in [0.25, 0.3) is 5.78 Å². The Morgan fingerprint density at radius 1 is 1.29 bits per heavy atom. The van der Waals surface area contributed by atoms with Crippen molar-refractivity contribution in [3.05, 3.63) is 35.3 Å². The minimum Gasteiger partial charge on any atom is -0.474 e. The molecule has 1 amide bonds. The lowest BCUT2D eigenvalue weighted by Crippen LogP contribution is -2.19. The zero-order valence-corrected chi connectivity index (χ0v) is 17.0. The van der Waals surface area contributed by atoms with Crippen LogP contribution in [0.25, 0.3) is 5.78 Å². The first kappa shape index (κ1) is 20.0. The summed E-state index contributed by atoms with van der Waals surface area (Å²) >= 11 is 1.45. The molecule has 10 heteroatoms.